The number of nitriles is 1. The van der Waals surface area contributed by atoms with E-state index < -0.39 is 5.97 Å². The molecule has 2 heterocycles. The Morgan fingerprint density at radius 3 is 3.13 bits per heavy atom. The molecule has 0 saturated heterocycles. The van der Waals surface area contributed by atoms with Crippen molar-refractivity contribution in [3.63, 3.8) is 0 Å². The summed E-state index contributed by atoms with van der Waals surface area (Å²) in [5.74, 6) is -1.06. The topological polar surface area (TPSA) is 86.0 Å². The van der Waals surface area contributed by atoms with Gasteiger partial charge in [0.05, 0.1) is 11.1 Å². The predicted octanol–water partition coefficient (Wildman–Crippen LogP) is 0.297. The molecule has 0 bridgehead atoms. The summed E-state index contributed by atoms with van der Waals surface area (Å²) >= 11 is 0. The number of fused-ring (bicyclic) bond motifs is 1. The Bertz CT molecular complexity index is 462. The quantitative estimate of drug-likeness (QED) is 0.685. The van der Waals surface area contributed by atoms with Gasteiger partial charge in [0.2, 0.25) is 0 Å². The van der Waals surface area contributed by atoms with E-state index in [0.29, 0.717) is 18.5 Å². The van der Waals surface area contributed by atoms with Crippen LogP contribution in [0, 0.1) is 11.3 Å². The van der Waals surface area contributed by atoms with Crippen LogP contribution < -0.4 is 5.32 Å². The molecule has 0 aliphatic carbocycles. The number of nitrogens with zero attached hydrogens (tertiary/aromatic N) is 2. The summed E-state index contributed by atoms with van der Waals surface area (Å²) in [4.78, 5) is 15.2. The van der Waals surface area contributed by atoms with Gasteiger partial charge in [-0.15, -0.1) is 0 Å². The first-order valence-electron chi connectivity index (χ1n) is 4.59. The molecule has 1 aromatic heterocycles. The summed E-state index contributed by atoms with van der Waals surface area (Å²) in [5, 5.41) is 20.9. The van der Waals surface area contributed by atoms with Gasteiger partial charge in [-0.3, -0.25) is 4.98 Å². The van der Waals surface area contributed by atoms with Crippen LogP contribution in [0.15, 0.2) is 6.20 Å². The van der Waals surface area contributed by atoms with Crippen molar-refractivity contribution in [2.45, 2.75) is 13.0 Å². The standard InChI is InChI=1S/C10H9N3O2/c11-3-6-4-13-8-1-2-12-5-7(8)9(6)10(14)15/h4,12H,1-2,5H2,(H,14,15). The van der Waals surface area contributed by atoms with Crippen LogP contribution in [-0.2, 0) is 13.0 Å². The first-order valence-corrected chi connectivity index (χ1v) is 4.59. The van der Waals surface area contributed by atoms with Gasteiger partial charge in [-0.2, -0.15) is 5.26 Å². The van der Waals surface area contributed by atoms with Crippen LogP contribution in [0.25, 0.3) is 0 Å². The number of rotatable bonds is 1. The minimum atomic E-state index is -1.06. The van der Waals surface area contributed by atoms with Crippen LogP contribution in [0.4, 0.5) is 0 Å². The Kier molecular flexibility index (Phi) is 2.35. The van der Waals surface area contributed by atoms with Gasteiger partial charge in [-0.1, -0.05) is 0 Å². The maximum atomic E-state index is 11.0. The van der Waals surface area contributed by atoms with Crippen molar-refractivity contribution in [3.05, 3.63) is 28.6 Å². The van der Waals surface area contributed by atoms with Crippen LogP contribution in [-0.4, -0.2) is 22.6 Å². The largest absolute Gasteiger partial charge is 0.478 e. The molecule has 1 aliphatic rings. The summed E-state index contributed by atoms with van der Waals surface area (Å²) < 4.78 is 0. The van der Waals surface area contributed by atoms with E-state index in [1.165, 1.54) is 6.20 Å². The zero-order valence-corrected chi connectivity index (χ0v) is 7.95. The van der Waals surface area contributed by atoms with Crippen LogP contribution in [0.3, 0.4) is 0 Å². The fraction of sp³-hybridized carbons (Fsp3) is 0.300. The van der Waals surface area contributed by atoms with Crippen molar-refractivity contribution in [1.82, 2.24) is 10.3 Å². The molecule has 1 aromatic rings. The number of carboxylic acids is 1. The number of carbonyl (C=O) groups is 1. The molecule has 15 heavy (non-hydrogen) atoms. The third-order valence-electron chi connectivity index (χ3n) is 2.44. The van der Waals surface area contributed by atoms with Gasteiger partial charge in [0.25, 0.3) is 0 Å². The zero-order chi connectivity index (χ0) is 10.8. The highest BCUT2D eigenvalue weighted by Gasteiger charge is 2.21. The van der Waals surface area contributed by atoms with Gasteiger partial charge in [-0.05, 0) is 0 Å². The van der Waals surface area contributed by atoms with Gasteiger partial charge in [0, 0.05) is 37.0 Å². The van der Waals surface area contributed by atoms with Gasteiger partial charge >= 0.3 is 5.97 Å². The van der Waals surface area contributed by atoms with Crippen molar-refractivity contribution < 1.29 is 9.90 Å². The summed E-state index contributed by atoms with van der Waals surface area (Å²) in [6, 6.07) is 1.86. The van der Waals surface area contributed by atoms with Crippen LogP contribution >= 0.6 is 0 Å². The number of aromatic nitrogens is 1. The average molecular weight is 203 g/mol. The first kappa shape index (κ1) is 9.62. The number of hydrogen-bond donors (Lipinski definition) is 2. The molecule has 0 radical (unpaired) electrons. The molecule has 0 atom stereocenters. The highest BCUT2D eigenvalue weighted by Crippen LogP contribution is 2.19. The Morgan fingerprint density at radius 2 is 2.47 bits per heavy atom. The lowest BCUT2D eigenvalue weighted by Crippen LogP contribution is -2.27. The molecule has 76 valence electrons. The van der Waals surface area contributed by atoms with Crippen LogP contribution in [0.2, 0.25) is 0 Å². The highest BCUT2D eigenvalue weighted by molar-refractivity contribution is 5.92. The molecular weight excluding hydrogens is 194 g/mol. The number of pyridine rings is 1. The van der Waals surface area contributed by atoms with Crippen molar-refractivity contribution in [3.8, 4) is 6.07 Å². The van der Waals surface area contributed by atoms with E-state index >= 15 is 0 Å². The second-order valence-corrected chi connectivity index (χ2v) is 3.32. The van der Waals surface area contributed by atoms with Crippen molar-refractivity contribution in [2.24, 2.45) is 0 Å². The third kappa shape index (κ3) is 1.55. The van der Waals surface area contributed by atoms with Gasteiger partial charge in [0.15, 0.2) is 0 Å². The molecule has 0 saturated carbocycles. The normalized spacial score (nSPS) is 14.1. The third-order valence-corrected chi connectivity index (χ3v) is 2.44. The second kappa shape index (κ2) is 3.67. The summed E-state index contributed by atoms with van der Waals surface area (Å²) in [6.07, 6.45) is 2.05. The molecule has 0 spiro atoms. The molecule has 2 rings (SSSR count). The highest BCUT2D eigenvalue weighted by atomic mass is 16.4. The summed E-state index contributed by atoms with van der Waals surface area (Å²) in [5.41, 5.74) is 1.65. The van der Waals surface area contributed by atoms with Gasteiger partial charge in [0.1, 0.15) is 6.07 Å². The molecule has 5 nitrogen and oxygen atoms in total. The lowest BCUT2D eigenvalue weighted by Gasteiger charge is -2.18. The smallest absolute Gasteiger partial charge is 0.337 e. The molecule has 2 N–H and O–H groups in total. The average Bonchev–Trinajstić information content (AvgIpc) is 2.27. The second-order valence-electron chi connectivity index (χ2n) is 3.32. The maximum Gasteiger partial charge on any atom is 0.337 e. The number of hydrogen-bond acceptors (Lipinski definition) is 4. The Morgan fingerprint density at radius 1 is 1.67 bits per heavy atom. The molecular formula is C10H9N3O2. The monoisotopic (exact) mass is 203 g/mol. The van der Waals surface area contributed by atoms with Crippen LogP contribution in [0.5, 0.6) is 0 Å². The van der Waals surface area contributed by atoms with E-state index in [0.717, 1.165) is 12.2 Å². The lowest BCUT2D eigenvalue weighted by atomic mass is 9.98. The predicted molar refractivity (Wildman–Crippen MR) is 51.3 cm³/mol. The molecule has 0 fully saturated rings. The van der Waals surface area contributed by atoms with E-state index in [4.69, 9.17) is 10.4 Å². The van der Waals surface area contributed by atoms with E-state index in [2.05, 4.69) is 10.3 Å². The van der Waals surface area contributed by atoms with E-state index in [-0.39, 0.29) is 11.1 Å². The lowest BCUT2D eigenvalue weighted by molar-refractivity contribution is 0.0694. The van der Waals surface area contributed by atoms with Gasteiger partial charge in [-0.25, -0.2) is 4.79 Å². The molecule has 0 aromatic carbocycles. The fourth-order valence-electron chi connectivity index (χ4n) is 1.75. The zero-order valence-electron chi connectivity index (χ0n) is 7.95. The first-order chi connectivity index (χ1) is 7.24. The number of nitrogens with one attached hydrogen (secondary N) is 1. The number of aromatic carboxylic acids is 1. The van der Waals surface area contributed by atoms with E-state index in [1.54, 1.807) is 0 Å². The van der Waals surface area contributed by atoms with Crippen molar-refractivity contribution in [1.29, 1.82) is 5.26 Å². The van der Waals surface area contributed by atoms with Crippen molar-refractivity contribution in [2.75, 3.05) is 6.54 Å². The molecule has 0 amide bonds. The van der Waals surface area contributed by atoms with E-state index in [9.17, 15) is 4.79 Å². The van der Waals surface area contributed by atoms with E-state index in [1.807, 2.05) is 6.07 Å². The fourth-order valence-corrected chi connectivity index (χ4v) is 1.75. The Hall–Kier alpha value is -1.93. The minimum absolute atomic E-state index is 0.0923. The molecule has 5 heteroatoms. The Labute approximate surface area is 86.4 Å². The van der Waals surface area contributed by atoms with Crippen molar-refractivity contribution >= 4 is 5.97 Å². The molecule has 1 aliphatic heterocycles. The maximum absolute atomic E-state index is 11.0. The SMILES string of the molecule is N#Cc1cnc2c(c1C(=O)O)CNCC2. The number of carboxylic acid groups (broad SMARTS) is 1. The molecule has 0 unspecified atom stereocenters. The Balaban J connectivity index is 2.66. The van der Waals surface area contributed by atoms with Gasteiger partial charge < -0.3 is 10.4 Å². The van der Waals surface area contributed by atoms with Crippen LogP contribution in [0.1, 0.15) is 27.2 Å². The summed E-state index contributed by atoms with van der Waals surface area (Å²) in [6.45, 7) is 1.27. The summed E-state index contributed by atoms with van der Waals surface area (Å²) in [7, 11) is 0. The minimum Gasteiger partial charge on any atom is -0.478 e.